The van der Waals surface area contributed by atoms with E-state index in [0.717, 1.165) is 13.2 Å². The lowest BCUT2D eigenvalue weighted by Crippen LogP contribution is -2.47. The second-order valence-electron chi connectivity index (χ2n) is 4.32. The molecule has 0 aliphatic carbocycles. The second-order valence-corrected chi connectivity index (χ2v) is 4.32. The van der Waals surface area contributed by atoms with Gasteiger partial charge in [0.1, 0.15) is 0 Å². The number of rotatable bonds is 6. The predicted octanol–water partition coefficient (Wildman–Crippen LogP) is 2.75. The fourth-order valence-electron chi connectivity index (χ4n) is 1.52. The first-order valence-electron chi connectivity index (χ1n) is 5.46. The van der Waals surface area contributed by atoms with Crippen molar-refractivity contribution in [1.82, 2.24) is 5.32 Å². The molecule has 0 aromatic rings. The summed E-state index contributed by atoms with van der Waals surface area (Å²) in [6.07, 6.45) is 2.24. The summed E-state index contributed by atoms with van der Waals surface area (Å²) in [5.74, 6) is 0. The topological polar surface area (TPSA) is 21.3 Å². The maximum Gasteiger partial charge on any atom is 0.0814 e. The van der Waals surface area contributed by atoms with Gasteiger partial charge in [0.2, 0.25) is 0 Å². The molecule has 1 N–H and O–H groups in total. The van der Waals surface area contributed by atoms with Crippen LogP contribution in [0.15, 0.2) is 11.6 Å². The highest BCUT2D eigenvalue weighted by molar-refractivity contribution is 5.07. The molecule has 84 valence electrons. The van der Waals surface area contributed by atoms with Crippen LogP contribution >= 0.6 is 0 Å². The second kappa shape index (κ2) is 6.20. The predicted molar refractivity (Wildman–Crippen MR) is 62.6 cm³/mol. The average Bonchev–Trinajstić information content (AvgIpc) is 2.02. The third-order valence-electron chi connectivity index (χ3n) is 2.19. The SMILES string of the molecule is CCNC(C=C(C)C)C(C)(C)OCC. The van der Waals surface area contributed by atoms with E-state index in [1.807, 2.05) is 6.92 Å². The first-order valence-corrected chi connectivity index (χ1v) is 5.46. The van der Waals surface area contributed by atoms with Crippen LogP contribution in [0.1, 0.15) is 41.5 Å². The Balaban J connectivity index is 4.54. The molecule has 0 aromatic carbocycles. The zero-order valence-electron chi connectivity index (χ0n) is 10.5. The van der Waals surface area contributed by atoms with Crippen LogP contribution in [0, 0.1) is 0 Å². The first kappa shape index (κ1) is 13.7. The van der Waals surface area contributed by atoms with Gasteiger partial charge in [-0.1, -0.05) is 18.6 Å². The Labute approximate surface area is 88.7 Å². The molecule has 0 amide bonds. The van der Waals surface area contributed by atoms with Crippen LogP contribution in [-0.2, 0) is 4.74 Å². The molecule has 0 aliphatic rings. The molecule has 2 heteroatoms. The van der Waals surface area contributed by atoms with Crippen LogP contribution < -0.4 is 5.32 Å². The van der Waals surface area contributed by atoms with Crippen molar-refractivity contribution >= 4 is 0 Å². The molecule has 1 unspecified atom stereocenters. The maximum absolute atomic E-state index is 5.74. The van der Waals surface area contributed by atoms with Gasteiger partial charge in [-0.3, -0.25) is 0 Å². The van der Waals surface area contributed by atoms with E-state index in [1.165, 1.54) is 5.57 Å². The van der Waals surface area contributed by atoms with Crippen molar-refractivity contribution in [3.05, 3.63) is 11.6 Å². The zero-order valence-corrected chi connectivity index (χ0v) is 10.5. The number of likely N-dealkylation sites (N-methyl/N-ethyl adjacent to an activating group) is 1. The van der Waals surface area contributed by atoms with Gasteiger partial charge in [0.25, 0.3) is 0 Å². The molecule has 0 rings (SSSR count). The number of hydrogen-bond donors (Lipinski definition) is 1. The van der Waals surface area contributed by atoms with Crippen LogP contribution in [-0.4, -0.2) is 24.8 Å². The molecule has 0 saturated heterocycles. The Morgan fingerprint density at radius 3 is 2.29 bits per heavy atom. The average molecular weight is 199 g/mol. The van der Waals surface area contributed by atoms with Crippen molar-refractivity contribution in [2.45, 2.75) is 53.2 Å². The zero-order chi connectivity index (χ0) is 11.2. The molecular formula is C12H25NO. The number of allylic oxidation sites excluding steroid dienone is 1. The lowest BCUT2D eigenvalue weighted by molar-refractivity contribution is -0.0265. The van der Waals surface area contributed by atoms with Crippen molar-refractivity contribution in [3.63, 3.8) is 0 Å². The number of hydrogen-bond acceptors (Lipinski definition) is 2. The highest BCUT2D eigenvalue weighted by Gasteiger charge is 2.27. The van der Waals surface area contributed by atoms with Gasteiger partial charge in [0.05, 0.1) is 11.6 Å². The molecule has 0 aliphatic heterocycles. The Hall–Kier alpha value is -0.340. The molecule has 0 saturated carbocycles. The summed E-state index contributed by atoms with van der Waals surface area (Å²) in [4.78, 5) is 0. The van der Waals surface area contributed by atoms with E-state index < -0.39 is 0 Å². The number of ether oxygens (including phenoxy) is 1. The van der Waals surface area contributed by atoms with E-state index in [2.05, 4.69) is 46.0 Å². The molecule has 0 bridgehead atoms. The Bertz CT molecular complexity index is 181. The fourth-order valence-corrected chi connectivity index (χ4v) is 1.52. The highest BCUT2D eigenvalue weighted by Crippen LogP contribution is 2.17. The smallest absolute Gasteiger partial charge is 0.0814 e. The van der Waals surface area contributed by atoms with Gasteiger partial charge >= 0.3 is 0 Å². The summed E-state index contributed by atoms with van der Waals surface area (Å²) in [6, 6.07) is 0.289. The summed E-state index contributed by atoms with van der Waals surface area (Å²) < 4.78 is 5.74. The van der Waals surface area contributed by atoms with Crippen molar-refractivity contribution in [3.8, 4) is 0 Å². The lowest BCUT2D eigenvalue weighted by atomic mass is 9.96. The van der Waals surface area contributed by atoms with Gasteiger partial charge in [-0.05, 0) is 41.2 Å². The Morgan fingerprint density at radius 1 is 1.36 bits per heavy atom. The van der Waals surface area contributed by atoms with Gasteiger partial charge in [0.15, 0.2) is 0 Å². The molecule has 0 radical (unpaired) electrons. The molecule has 2 nitrogen and oxygen atoms in total. The summed E-state index contributed by atoms with van der Waals surface area (Å²) >= 11 is 0. The molecule has 0 aromatic heterocycles. The van der Waals surface area contributed by atoms with Crippen LogP contribution in [0.25, 0.3) is 0 Å². The summed E-state index contributed by atoms with van der Waals surface area (Å²) in [7, 11) is 0. The Morgan fingerprint density at radius 2 is 1.93 bits per heavy atom. The summed E-state index contributed by atoms with van der Waals surface area (Å²) in [5, 5.41) is 3.44. The van der Waals surface area contributed by atoms with Crippen molar-refractivity contribution in [2.75, 3.05) is 13.2 Å². The van der Waals surface area contributed by atoms with Crippen molar-refractivity contribution < 1.29 is 4.74 Å². The van der Waals surface area contributed by atoms with E-state index in [9.17, 15) is 0 Å². The van der Waals surface area contributed by atoms with E-state index in [-0.39, 0.29) is 11.6 Å². The van der Waals surface area contributed by atoms with Gasteiger partial charge in [0, 0.05) is 6.61 Å². The van der Waals surface area contributed by atoms with E-state index in [0.29, 0.717) is 0 Å². The normalized spacial score (nSPS) is 13.9. The van der Waals surface area contributed by atoms with E-state index in [4.69, 9.17) is 4.74 Å². The third-order valence-corrected chi connectivity index (χ3v) is 2.19. The monoisotopic (exact) mass is 199 g/mol. The number of nitrogens with one attached hydrogen (secondary N) is 1. The largest absolute Gasteiger partial charge is 0.374 e. The molecule has 0 fully saturated rings. The van der Waals surface area contributed by atoms with Gasteiger partial charge in [-0.25, -0.2) is 0 Å². The minimum absolute atomic E-state index is 0.137. The molecule has 0 spiro atoms. The van der Waals surface area contributed by atoms with Crippen molar-refractivity contribution in [2.24, 2.45) is 0 Å². The molecular weight excluding hydrogens is 174 g/mol. The summed E-state index contributed by atoms with van der Waals surface area (Å²) in [6.45, 7) is 14.4. The first-order chi connectivity index (χ1) is 6.44. The third kappa shape index (κ3) is 4.77. The highest BCUT2D eigenvalue weighted by atomic mass is 16.5. The lowest BCUT2D eigenvalue weighted by Gasteiger charge is -2.33. The van der Waals surface area contributed by atoms with Crippen LogP contribution in [0.4, 0.5) is 0 Å². The van der Waals surface area contributed by atoms with E-state index >= 15 is 0 Å². The Kier molecular flexibility index (Phi) is 6.05. The summed E-state index contributed by atoms with van der Waals surface area (Å²) in [5.41, 5.74) is 1.19. The van der Waals surface area contributed by atoms with Gasteiger partial charge < -0.3 is 10.1 Å². The van der Waals surface area contributed by atoms with Crippen LogP contribution in [0.5, 0.6) is 0 Å². The molecule has 14 heavy (non-hydrogen) atoms. The standard InChI is InChI=1S/C12H25NO/c1-7-13-11(9-10(3)4)12(5,6)14-8-2/h9,11,13H,7-8H2,1-6H3. The van der Waals surface area contributed by atoms with E-state index in [1.54, 1.807) is 0 Å². The minimum Gasteiger partial charge on any atom is -0.374 e. The van der Waals surface area contributed by atoms with Crippen molar-refractivity contribution in [1.29, 1.82) is 0 Å². The minimum atomic E-state index is -0.137. The maximum atomic E-state index is 5.74. The molecule has 1 atom stereocenters. The quantitative estimate of drug-likeness (QED) is 0.664. The molecule has 0 heterocycles. The van der Waals surface area contributed by atoms with Gasteiger partial charge in [-0.15, -0.1) is 0 Å². The van der Waals surface area contributed by atoms with Crippen LogP contribution in [0.3, 0.4) is 0 Å². The fraction of sp³-hybridized carbons (Fsp3) is 0.833. The van der Waals surface area contributed by atoms with Crippen LogP contribution in [0.2, 0.25) is 0 Å². The van der Waals surface area contributed by atoms with Gasteiger partial charge in [-0.2, -0.15) is 0 Å².